The van der Waals surface area contributed by atoms with Gasteiger partial charge in [0.05, 0.1) is 0 Å². The van der Waals surface area contributed by atoms with Crippen LogP contribution in [0.1, 0.15) is 71.6 Å². The third kappa shape index (κ3) is 4.75. The molecule has 3 unspecified atom stereocenters. The van der Waals surface area contributed by atoms with Crippen molar-refractivity contribution in [1.29, 1.82) is 0 Å². The summed E-state index contributed by atoms with van der Waals surface area (Å²) in [6.07, 6.45) is 12.7. The number of nitrogens with zero attached hydrogens (tertiary/aromatic N) is 1. The minimum atomic E-state index is 0.766. The van der Waals surface area contributed by atoms with E-state index in [1.165, 1.54) is 77.4 Å². The highest BCUT2D eigenvalue weighted by atomic mass is 15.2. The molecule has 2 rings (SSSR count). The fourth-order valence-corrected chi connectivity index (χ4v) is 4.04. The quantitative estimate of drug-likeness (QED) is 0.786. The molecular formula is C17H34N2. The van der Waals surface area contributed by atoms with E-state index in [1.807, 2.05) is 0 Å². The van der Waals surface area contributed by atoms with E-state index in [0.29, 0.717) is 0 Å². The van der Waals surface area contributed by atoms with Crippen LogP contribution in [0.15, 0.2) is 0 Å². The van der Waals surface area contributed by atoms with Crippen LogP contribution in [0.5, 0.6) is 0 Å². The zero-order chi connectivity index (χ0) is 13.5. The summed E-state index contributed by atoms with van der Waals surface area (Å²) in [4.78, 5) is 2.82. The highest BCUT2D eigenvalue weighted by Crippen LogP contribution is 2.30. The average molecular weight is 266 g/mol. The van der Waals surface area contributed by atoms with Crippen LogP contribution in [0.2, 0.25) is 0 Å². The number of nitrogens with one attached hydrogen (secondary N) is 1. The second-order valence-corrected chi connectivity index (χ2v) is 6.74. The lowest BCUT2D eigenvalue weighted by Crippen LogP contribution is -2.48. The predicted molar refractivity (Wildman–Crippen MR) is 83.5 cm³/mol. The minimum Gasteiger partial charge on any atom is -0.313 e. The van der Waals surface area contributed by atoms with Crippen LogP contribution in [0.3, 0.4) is 0 Å². The van der Waals surface area contributed by atoms with Crippen molar-refractivity contribution in [1.82, 2.24) is 10.2 Å². The van der Waals surface area contributed by atoms with Gasteiger partial charge in [0.25, 0.3) is 0 Å². The third-order valence-electron chi connectivity index (χ3n) is 5.23. The Kier molecular flexibility index (Phi) is 6.66. The Labute approximate surface area is 120 Å². The molecule has 112 valence electrons. The smallest absolute Gasteiger partial charge is 0.0195 e. The van der Waals surface area contributed by atoms with Crippen molar-refractivity contribution in [3.05, 3.63) is 0 Å². The van der Waals surface area contributed by atoms with Gasteiger partial charge in [-0.2, -0.15) is 0 Å². The Morgan fingerprint density at radius 2 is 1.95 bits per heavy atom. The molecule has 0 spiro atoms. The molecule has 2 aliphatic rings. The minimum absolute atomic E-state index is 0.766. The molecule has 2 fully saturated rings. The van der Waals surface area contributed by atoms with Gasteiger partial charge in [0.1, 0.15) is 0 Å². The molecular weight excluding hydrogens is 232 g/mol. The summed E-state index contributed by atoms with van der Waals surface area (Å²) in [6.45, 7) is 8.56. The molecule has 2 heteroatoms. The van der Waals surface area contributed by atoms with Crippen molar-refractivity contribution in [2.24, 2.45) is 5.92 Å². The summed E-state index contributed by atoms with van der Waals surface area (Å²) >= 11 is 0. The van der Waals surface area contributed by atoms with Crippen LogP contribution < -0.4 is 5.32 Å². The van der Waals surface area contributed by atoms with Crippen LogP contribution >= 0.6 is 0 Å². The molecule has 0 aromatic heterocycles. The van der Waals surface area contributed by atoms with Gasteiger partial charge >= 0.3 is 0 Å². The average Bonchev–Trinajstić information content (AvgIpc) is 2.48. The Morgan fingerprint density at radius 3 is 2.63 bits per heavy atom. The normalized spacial score (nSPS) is 32.7. The van der Waals surface area contributed by atoms with Crippen molar-refractivity contribution in [3.8, 4) is 0 Å². The largest absolute Gasteiger partial charge is 0.313 e. The van der Waals surface area contributed by atoms with E-state index in [0.717, 1.165) is 18.0 Å². The molecule has 2 nitrogen and oxygen atoms in total. The number of hydrogen-bond acceptors (Lipinski definition) is 2. The number of rotatable bonds is 6. The van der Waals surface area contributed by atoms with Gasteiger partial charge in [-0.15, -0.1) is 0 Å². The van der Waals surface area contributed by atoms with Gasteiger partial charge in [0, 0.05) is 18.6 Å². The van der Waals surface area contributed by atoms with Crippen molar-refractivity contribution < 1.29 is 0 Å². The molecule has 1 saturated heterocycles. The highest BCUT2D eigenvalue weighted by molar-refractivity contribution is 4.84. The third-order valence-corrected chi connectivity index (χ3v) is 5.23. The SMILES string of the molecule is CCCN(CC1CCCCN1)C1CCCC(CC)C1. The number of piperidine rings is 1. The van der Waals surface area contributed by atoms with E-state index in [4.69, 9.17) is 0 Å². The summed E-state index contributed by atoms with van der Waals surface area (Å²) in [5.74, 6) is 0.998. The standard InChI is InChI=1S/C17H34N2/c1-3-12-19(14-16-9-5-6-11-18-16)17-10-7-8-15(4-2)13-17/h15-18H,3-14H2,1-2H3. The maximum Gasteiger partial charge on any atom is 0.0195 e. The van der Waals surface area contributed by atoms with Gasteiger partial charge in [-0.25, -0.2) is 0 Å². The Bertz CT molecular complexity index is 235. The summed E-state index contributed by atoms with van der Waals surface area (Å²) in [6, 6.07) is 1.64. The molecule has 1 aliphatic heterocycles. The van der Waals surface area contributed by atoms with E-state index < -0.39 is 0 Å². The Hall–Kier alpha value is -0.0800. The van der Waals surface area contributed by atoms with Crippen LogP contribution in [0.4, 0.5) is 0 Å². The topological polar surface area (TPSA) is 15.3 Å². The molecule has 0 bridgehead atoms. The first-order valence-corrected chi connectivity index (χ1v) is 8.80. The molecule has 0 amide bonds. The summed E-state index contributed by atoms with van der Waals surface area (Å²) in [5, 5.41) is 3.73. The first-order chi connectivity index (χ1) is 9.33. The van der Waals surface area contributed by atoms with E-state index in [2.05, 4.69) is 24.1 Å². The van der Waals surface area contributed by atoms with Crippen LogP contribution in [0, 0.1) is 5.92 Å². The van der Waals surface area contributed by atoms with E-state index in [1.54, 1.807) is 0 Å². The molecule has 0 aromatic rings. The fourth-order valence-electron chi connectivity index (χ4n) is 4.04. The summed E-state index contributed by atoms with van der Waals surface area (Å²) in [5.41, 5.74) is 0. The lowest BCUT2D eigenvalue weighted by Gasteiger charge is -2.40. The highest BCUT2D eigenvalue weighted by Gasteiger charge is 2.27. The first-order valence-electron chi connectivity index (χ1n) is 8.80. The molecule has 0 aromatic carbocycles. The second kappa shape index (κ2) is 8.26. The van der Waals surface area contributed by atoms with Crippen molar-refractivity contribution in [2.45, 2.75) is 83.7 Å². The van der Waals surface area contributed by atoms with Gasteiger partial charge in [0.2, 0.25) is 0 Å². The van der Waals surface area contributed by atoms with Gasteiger partial charge in [-0.3, -0.25) is 4.90 Å². The van der Waals surface area contributed by atoms with Crippen molar-refractivity contribution in [2.75, 3.05) is 19.6 Å². The number of hydrogen-bond donors (Lipinski definition) is 1. The molecule has 1 N–H and O–H groups in total. The molecule has 0 radical (unpaired) electrons. The second-order valence-electron chi connectivity index (χ2n) is 6.74. The van der Waals surface area contributed by atoms with E-state index in [-0.39, 0.29) is 0 Å². The summed E-state index contributed by atoms with van der Waals surface area (Å²) < 4.78 is 0. The zero-order valence-electron chi connectivity index (χ0n) is 13.2. The lowest BCUT2D eigenvalue weighted by atomic mass is 9.83. The van der Waals surface area contributed by atoms with E-state index >= 15 is 0 Å². The fraction of sp³-hybridized carbons (Fsp3) is 1.00. The summed E-state index contributed by atoms with van der Waals surface area (Å²) in [7, 11) is 0. The van der Waals surface area contributed by atoms with Crippen LogP contribution in [-0.4, -0.2) is 36.6 Å². The van der Waals surface area contributed by atoms with Gasteiger partial charge in [-0.1, -0.05) is 39.5 Å². The Balaban J connectivity index is 1.86. The van der Waals surface area contributed by atoms with Crippen LogP contribution in [0.25, 0.3) is 0 Å². The molecule has 19 heavy (non-hydrogen) atoms. The molecule has 1 saturated carbocycles. The monoisotopic (exact) mass is 266 g/mol. The predicted octanol–water partition coefficient (Wildman–Crippen LogP) is 3.81. The Morgan fingerprint density at radius 1 is 1.05 bits per heavy atom. The van der Waals surface area contributed by atoms with Crippen LogP contribution in [-0.2, 0) is 0 Å². The van der Waals surface area contributed by atoms with Gasteiger partial charge in [0.15, 0.2) is 0 Å². The lowest BCUT2D eigenvalue weighted by molar-refractivity contribution is 0.111. The van der Waals surface area contributed by atoms with Gasteiger partial charge < -0.3 is 5.32 Å². The van der Waals surface area contributed by atoms with Gasteiger partial charge in [-0.05, 0) is 51.1 Å². The van der Waals surface area contributed by atoms with Crippen molar-refractivity contribution in [3.63, 3.8) is 0 Å². The van der Waals surface area contributed by atoms with E-state index in [9.17, 15) is 0 Å². The molecule has 1 heterocycles. The van der Waals surface area contributed by atoms with Crippen molar-refractivity contribution >= 4 is 0 Å². The maximum atomic E-state index is 3.73. The molecule has 1 aliphatic carbocycles. The molecule has 3 atom stereocenters. The zero-order valence-corrected chi connectivity index (χ0v) is 13.2. The maximum absolute atomic E-state index is 3.73. The first kappa shape index (κ1) is 15.3.